The molecule has 286 valence electrons. The molecule has 0 fully saturated rings. The van der Waals surface area contributed by atoms with Crippen molar-refractivity contribution in [1.82, 2.24) is 0 Å². The van der Waals surface area contributed by atoms with Gasteiger partial charge in [0.2, 0.25) is 0 Å². The van der Waals surface area contributed by atoms with Crippen LogP contribution in [-0.4, -0.2) is 0 Å². The first kappa shape index (κ1) is 35.2. The molecule has 0 saturated heterocycles. The molecule has 0 heterocycles. The number of hydrogen-bond acceptors (Lipinski definition) is 1. The molecule has 2 aliphatic carbocycles. The van der Waals surface area contributed by atoms with Crippen molar-refractivity contribution in [1.29, 1.82) is 0 Å². The van der Waals surface area contributed by atoms with Gasteiger partial charge in [-0.15, -0.1) is 0 Å². The summed E-state index contributed by atoms with van der Waals surface area (Å²) in [6.07, 6.45) is 0. The third-order valence-electron chi connectivity index (χ3n) is 13.4. The van der Waals surface area contributed by atoms with E-state index in [9.17, 15) is 0 Å². The first-order chi connectivity index (χ1) is 30.3. The fraction of sp³-hybridized carbons (Fsp3) is 0.0333. The molecule has 0 aromatic heterocycles. The molecule has 0 radical (unpaired) electrons. The third-order valence-corrected chi connectivity index (χ3v) is 13.4. The molecule has 61 heavy (non-hydrogen) atoms. The van der Waals surface area contributed by atoms with E-state index in [0.717, 1.165) is 17.1 Å². The molecular weight excluding hydrogens is 735 g/mol. The monoisotopic (exact) mass is 775 g/mol. The van der Waals surface area contributed by atoms with Crippen LogP contribution in [0.25, 0.3) is 33.0 Å². The second-order valence-electron chi connectivity index (χ2n) is 16.3. The van der Waals surface area contributed by atoms with E-state index in [1.807, 2.05) is 0 Å². The van der Waals surface area contributed by atoms with Gasteiger partial charge in [0.05, 0.1) is 22.2 Å². The summed E-state index contributed by atoms with van der Waals surface area (Å²) in [5.41, 5.74) is 17.6. The maximum Gasteiger partial charge on any atom is 0.0714 e. The van der Waals surface area contributed by atoms with Crippen LogP contribution in [0.4, 0.5) is 17.1 Å². The van der Waals surface area contributed by atoms with Crippen molar-refractivity contribution in [3.63, 3.8) is 0 Å². The summed E-state index contributed by atoms with van der Waals surface area (Å²) in [7, 11) is 0. The highest BCUT2D eigenvalue weighted by molar-refractivity contribution is 6.04. The molecule has 0 unspecified atom stereocenters. The van der Waals surface area contributed by atoms with Gasteiger partial charge in [-0.1, -0.05) is 224 Å². The van der Waals surface area contributed by atoms with Crippen molar-refractivity contribution in [3.05, 3.63) is 293 Å². The number of benzene rings is 10. The number of anilines is 3. The van der Waals surface area contributed by atoms with E-state index in [2.05, 4.69) is 254 Å². The normalized spacial score (nSPS) is 13.8. The molecule has 0 atom stereocenters. The molecule has 0 spiro atoms. The Bertz CT molecular complexity index is 3160. The van der Waals surface area contributed by atoms with Gasteiger partial charge >= 0.3 is 0 Å². The minimum Gasteiger partial charge on any atom is -0.309 e. The Kier molecular flexibility index (Phi) is 8.05. The zero-order chi connectivity index (χ0) is 40.4. The summed E-state index contributed by atoms with van der Waals surface area (Å²) >= 11 is 0. The molecule has 0 N–H and O–H groups in total. The lowest BCUT2D eigenvalue weighted by Crippen LogP contribution is -2.29. The Morgan fingerprint density at radius 1 is 0.279 bits per heavy atom. The van der Waals surface area contributed by atoms with E-state index in [1.165, 1.54) is 77.5 Å². The predicted octanol–water partition coefficient (Wildman–Crippen LogP) is 15.0. The number of nitrogens with zero attached hydrogens (tertiary/aromatic N) is 1. The highest BCUT2D eigenvalue weighted by Crippen LogP contribution is 2.61. The lowest BCUT2D eigenvalue weighted by atomic mass is 9.67. The SMILES string of the molecule is c1ccc(C2(c3ccccc3)c3ccccc3-c3ccc(N(c4cccc5c4-c4ccccc4C5(c4ccccc4)c4ccccc4)c4cccc5ccccc45)cc32)cc1. The van der Waals surface area contributed by atoms with Crippen LogP contribution < -0.4 is 4.90 Å². The van der Waals surface area contributed by atoms with Gasteiger partial charge in [0.1, 0.15) is 0 Å². The van der Waals surface area contributed by atoms with Crippen molar-refractivity contribution >= 4 is 27.8 Å². The average molecular weight is 776 g/mol. The predicted molar refractivity (Wildman–Crippen MR) is 253 cm³/mol. The van der Waals surface area contributed by atoms with Crippen LogP contribution in [0.15, 0.2) is 249 Å². The summed E-state index contributed by atoms with van der Waals surface area (Å²) in [4.78, 5) is 2.55. The largest absolute Gasteiger partial charge is 0.309 e. The van der Waals surface area contributed by atoms with Crippen LogP contribution in [0.1, 0.15) is 44.5 Å². The van der Waals surface area contributed by atoms with Gasteiger partial charge in [-0.05, 0) is 90.8 Å². The van der Waals surface area contributed by atoms with Gasteiger partial charge in [0, 0.05) is 16.6 Å². The number of fused-ring (bicyclic) bond motifs is 7. The molecule has 12 rings (SSSR count). The summed E-state index contributed by atoms with van der Waals surface area (Å²) in [6.45, 7) is 0. The molecule has 2 aliphatic rings. The second-order valence-corrected chi connectivity index (χ2v) is 16.3. The van der Waals surface area contributed by atoms with E-state index in [-0.39, 0.29) is 0 Å². The fourth-order valence-corrected chi connectivity index (χ4v) is 11.0. The van der Waals surface area contributed by atoms with E-state index in [1.54, 1.807) is 0 Å². The summed E-state index contributed by atoms with van der Waals surface area (Å²) < 4.78 is 0. The topological polar surface area (TPSA) is 3.24 Å². The van der Waals surface area contributed by atoms with Crippen LogP contribution in [0, 0.1) is 0 Å². The Morgan fingerprint density at radius 2 is 0.705 bits per heavy atom. The fourth-order valence-electron chi connectivity index (χ4n) is 11.0. The van der Waals surface area contributed by atoms with Crippen LogP contribution in [0.3, 0.4) is 0 Å². The quantitative estimate of drug-likeness (QED) is 0.156. The number of rotatable bonds is 7. The van der Waals surface area contributed by atoms with E-state index in [4.69, 9.17) is 0 Å². The number of hydrogen-bond donors (Lipinski definition) is 0. The minimum atomic E-state index is -0.532. The van der Waals surface area contributed by atoms with Crippen LogP contribution in [0.5, 0.6) is 0 Å². The molecule has 0 amide bonds. The highest BCUT2D eigenvalue weighted by Gasteiger charge is 2.49. The van der Waals surface area contributed by atoms with Gasteiger partial charge in [0.15, 0.2) is 0 Å². The first-order valence-electron chi connectivity index (χ1n) is 21.3. The summed E-state index contributed by atoms with van der Waals surface area (Å²) in [6, 6.07) is 92.3. The molecule has 10 aromatic rings. The van der Waals surface area contributed by atoms with E-state index >= 15 is 0 Å². The van der Waals surface area contributed by atoms with Crippen molar-refractivity contribution in [3.8, 4) is 22.3 Å². The minimum absolute atomic E-state index is 0.524. The molecule has 0 bridgehead atoms. The lowest BCUT2D eigenvalue weighted by molar-refractivity contribution is 0.768. The molecular formula is C60H41N. The van der Waals surface area contributed by atoms with Gasteiger partial charge in [-0.25, -0.2) is 0 Å². The van der Waals surface area contributed by atoms with Gasteiger partial charge < -0.3 is 4.90 Å². The highest BCUT2D eigenvalue weighted by atomic mass is 15.1. The zero-order valence-electron chi connectivity index (χ0n) is 33.6. The average Bonchev–Trinajstić information content (AvgIpc) is 3.82. The molecule has 1 heteroatoms. The van der Waals surface area contributed by atoms with Gasteiger partial charge in [-0.3, -0.25) is 0 Å². The van der Waals surface area contributed by atoms with Crippen molar-refractivity contribution in [2.75, 3.05) is 4.90 Å². The van der Waals surface area contributed by atoms with Gasteiger partial charge in [-0.2, -0.15) is 0 Å². The van der Waals surface area contributed by atoms with Crippen molar-refractivity contribution in [2.45, 2.75) is 10.8 Å². The Balaban J connectivity index is 1.19. The smallest absolute Gasteiger partial charge is 0.0714 e. The first-order valence-corrected chi connectivity index (χ1v) is 21.3. The third kappa shape index (κ3) is 5.01. The molecule has 0 aliphatic heterocycles. The second kappa shape index (κ2) is 13.9. The zero-order valence-corrected chi connectivity index (χ0v) is 33.6. The molecule has 1 nitrogen and oxygen atoms in total. The van der Waals surface area contributed by atoms with Crippen LogP contribution >= 0.6 is 0 Å². The Hall–Kier alpha value is -7.74. The van der Waals surface area contributed by atoms with Crippen molar-refractivity contribution in [2.24, 2.45) is 0 Å². The molecule has 10 aromatic carbocycles. The maximum absolute atomic E-state index is 2.55. The maximum atomic E-state index is 2.55. The lowest BCUT2D eigenvalue weighted by Gasteiger charge is -2.36. The van der Waals surface area contributed by atoms with Crippen molar-refractivity contribution < 1.29 is 0 Å². The van der Waals surface area contributed by atoms with Crippen LogP contribution in [0.2, 0.25) is 0 Å². The Labute approximate surface area is 357 Å². The molecule has 0 saturated carbocycles. The van der Waals surface area contributed by atoms with Crippen LogP contribution in [-0.2, 0) is 10.8 Å². The Morgan fingerprint density at radius 3 is 1.33 bits per heavy atom. The summed E-state index contributed by atoms with van der Waals surface area (Å²) in [5, 5.41) is 2.41. The summed E-state index contributed by atoms with van der Waals surface area (Å²) in [5.74, 6) is 0. The van der Waals surface area contributed by atoms with E-state index in [0.29, 0.717) is 0 Å². The van der Waals surface area contributed by atoms with E-state index < -0.39 is 10.8 Å². The standard InChI is InChI=1S/C60H41N/c1-5-23-43(24-6-1)59(44-25-7-2-8-26-44)53-35-18-16-33-51(53)58-54(59)36-20-38-57(58)61(56-37-19-22-42-21-13-14-31-48(42)56)47-39-40-50-49-32-15-17-34-52(49)60(55(50)41-47,45-27-9-3-10-28-45)46-29-11-4-12-30-46/h1-41H. The van der Waals surface area contributed by atoms with Gasteiger partial charge in [0.25, 0.3) is 0 Å².